The van der Waals surface area contributed by atoms with Crippen molar-refractivity contribution in [1.29, 1.82) is 0 Å². The van der Waals surface area contributed by atoms with Gasteiger partial charge in [-0.25, -0.2) is 4.52 Å². The summed E-state index contributed by atoms with van der Waals surface area (Å²) in [6, 6.07) is 10.4. The van der Waals surface area contributed by atoms with Crippen molar-refractivity contribution in [2.45, 2.75) is 25.7 Å². The summed E-state index contributed by atoms with van der Waals surface area (Å²) in [5.74, 6) is 2.01. The molecule has 2 saturated heterocycles. The monoisotopic (exact) mass is 484 g/mol. The molecule has 0 amide bonds. The van der Waals surface area contributed by atoms with Crippen molar-refractivity contribution in [2.75, 3.05) is 61.3 Å². The Morgan fingerprint density at radius 3 is 2.34 bits per heavy atom. The Labute approximate surface area is 205 Å². The molecule has 0 bridgehead atoms. The van der Waals surface area contributed by atoms with E-state index in [-0.39, 0.29) is 12.3 Å². The molecule has 0 N–H and O–H groups in total. The molecular weight excluding hydrogens is 450 g/mol. The summed E-state index contributed by atoms with van der Waals surface area (Å²) in [4.78, 5) is 0. The van der Waals surface area contributed by atoms with Gasteiger partial charge < -0.3 is 28.4 Å². The summed E-state index contributed by atoms with van der Waals surface area (Å²) in [6.45, 7) is 5.25. The standard InChI is InChI=1S/C26H34N3O6/c1-17-13-21(30-3)24(22(14-17)31-4)19-7-6-8-20-25(26(32-5)27-28(19)20)29(2,18-9-10-33-16-18)15-23-34-11-12-35-23/h6-8,13-14,18,23H,9-12,15-16H2,1-5H3/q+1. The van der Waals surface area contributed by atoms with Gasteiger partial charge in [-0.15, -0.1) is 5.10 Å². The highest BCUT2D eigenvalue weighted by atomic mass is 16.7. The van der Waals surface area contributed by atoms with Crippen LogP contribution in [0.3, 0.4) is 0 Å². The van der Waals surface area contributed by atoms with E-state index in [2.05, 4.69) is 13.1 Å². The van der Waals surface area contributed by atoms with Crippen molar-refractivity contribution < 1.29 is 28.4 Å². The summed E-state index contributed by atoms with van der Waals surface area (Å²) in [5.41, 5.74) is 4.66. The highest BCUT2D eigenvalue weighted by Crippen LogP contribution is 2.45. The molecule has 2 fully saturated rings. The van der Waals surface area contributed by atoms with Gasteiger partial charge in [0.15, 0.2) is 0 Å². The van der Waals surface area contributed by atoms with E-state index in [9.17, 15) is 0 Å². The van der Waals surface area contributed by atoms with Crippen molar-refractivity contribution in [3.05, 3.63) is 35.9 Å². The summed E-state index contributed by atoms with van der Waals surface area (Å²) in [7, 11) is 7.20. The number of hydrogen-bond acceptors (Lipinski definition) is 7. The van der Waals surface area contributed by atoms with Crippen molar-refractivity contribution in [3.63, 3.8) is 0 Å². The molecule has 5 rings (SSSR count). The highest BCUT2D eigenvalue weighted by molar-refractivity contribution is 5.83. The van der Waals surface area contributed by atoms with Gasteiger partial charge in [0, 0.05) is 6.42 Å². The maximum Gasteiger partial charge on any atom is 0.296 e. The summed E-state index contributed by atoms with van der Waals surface area (Å²) in [6.07, 6.45) is 0.643. The highest BCUT2D eigenvalue weighted by Gasteiger charge is 2.45. The van der Waals surface area contributed by atoms with Gasteiger partial charge in [-0.05, 0) is 36.8 Å². The number of aryl methyl sites for hydroxylation is 1. The van der Waals surface area contributed by atoms with Gasteiger partial charge in [0.05, 0.1) is 66.1 Å². The van der Waals surface area contributed by atoms with Crippen LogP contribution in [0.2, 0.25) is 0 Å². The lowest BCUT2D eigenvalue weighted by molar-refractivity contribution is -0.0624. The zero-order valence-electron chi connectivity index (χ0n) is 21.1. The molecule has 2 aliphatic rings. The quantitative estimate of drug-likeness (QED) is 0.454. The van der Waals surface area contributed by atoms with Crippen molar-refractivity contribution >= 4 is 11.2 Å². The van der Waals surface area contributed by atoms with E-state index in [1.54, 1.807) is 21.3 Å². The molecule has 9 nitrogen and oxygen atoms in total. The fourth-order valence-electron chi connectivity index (χ4n) is 5.36. The lowest BCUT2D eigenvalue weighted by Gasteiger charge is -2.39. The predicted octanol–water partition coefficient (Wildman–Crippen LogP) is 3.43. The van der Waals surface area contributed by atoms with Crippen molar-refractivity contribution in [2.24, 2.45) is 0 Å². The normalized spacial score (nSPS) is 20.3. The summed E-state index contributed by atoms with van der Waals surface area (Å²) in [5, 5.41) is 4.94. The van der Waals surface area contributed by atoms with Crippen LogP contribution in [0.1, 0.15) is 12.0 Å². The van der Waals surface area contributed by atoms with Gasteiger partial charge in [0.2, 0.25) is 12.0 Å². The van der Waals surface area contributed by atoms with E-state index in [1.807, 2.05) is 35.7 Å². The zero-order valence-corrected chi connectivity index (χ0v) is 21.1. The molecule has 2 aromatic heterocycles. The number of methoxy groups -OCH3 is 3. The minimum Gasteiger partial charge on any atom is -0.496 e. The topological polar surface area (TPSA) is 72.7 Å². The van der Waals surface area contributed by atoms with Crippen LogP contribution in [0.25, 0.3) is 16.8 Å². The fraction of sp³-hybridized carbons (Fsp3) is 0.500. The number of nitrogens with zero attached hydrogens (tertiary/aromatic N) is 3. The SMILES string of the molecule is COc1cc(C)cc(OC)c1-c1cccc2c([N+](C)(CC3OCCO3)C3CCOC3)c(OC)nn12. The van der Waals surface area contributed by atoms with Gasteiger partial charge in [-0.2, -0.15) is 0 Å². The maximum absolute atomic E-state index is 5.89. The second-order valence-electron chi connectivity index (χ2n) is 9.25. The van der Waals surface area contributed by atoms with E-state index in [4.69, 9.17) is 33.5 Å². The molecule has 3 aromatic rings. The Kier molecular flexibility index (Phi) is 6.59. The zero-order chi connectivity index (χ0) is 24.6. The number of benzene rings is 1. The molecule has 9 heteroatoms. The third-order valence-corrected chi connectivity index (χ3v) is 7.14. The maximum atomic E-state index is 5.89. The Morgan fingerprint density at radius 1 is 1.03 bits per heavy atom. The first-order chi connectivity index (χ1) is 17.0. The van der Waals surface area contributed by atoms with Gasteiger partial charge in [-0.3, -0.25) is 4.48 Å². The lowest BCUT2D eigenvalue weighted by atomic mass is 10.0. The van der Waals surface area contributed by atoms with Crippen LogP contribution < -0.4 is 18.7 Å². The number of likely N-dealkylation sites (N-methyl/N-ethyl adjacent to an activating group) is 1. The number of quaternary nitrogens is 1. The molecule has 188 valence electrons. The van der Waals surface area contributed by atoms with Crippen LogP contribution in [0, 0.1) is 6.92 Å². The molecular formula is C26H34N3O6+. The number of ether oxygens (including phenoxy) is 6. The van der Waals surface area contributed by atoms with Crippen molar-refractivity contribution in [1.82, 2.24) is 14.1 Å². The number of rotatable bonds is 8. The average Bonchev–Trinajstić information content (AvgIpc) is 3.64. The minimum absolute atomic E-state index is 0.219. The Hall–Kier alpha value is -2.85. The third kappa shape index (κ3) is 4.12. The Bertz CT molecular complexity index is 1170. The average molecular weight is 485 g/mol. The van der Waals surface area contributed by atoms with E-state index in [0.717, 1.165) is 52.6 Å². The fourth-order valence-corrected chi connectivity index (χ4v) is 5.36. The number of pyridine rings is 1. The third-order valence-electron chi connectivity index (χ3n) is 7.14. The molecule has 0 saturated carbocycles. The van der Waals surface area contributed by atoms with E-state index in [0.29, 0.717) is 36.7 Å². The van der Waals surface area contributed by atoms with Gasteiger partial charge in [0.25, 0.3) is 5.88 Å². The molecule has 4 heterocycles. The first-order valence-corrected chi connectivity index (χ1v) is 12.0. The largest absolute Gasteiger partial charge is 0.496 e. The first kappa shape index (κ1) is 23.9. The van der Waals surface area contributed by atoms with Gasteiger partial charge in [-0.1, -0.05) is 6.07 Å². The number of hydrogen-bond donors (Lipinski definition) is 0. The number of aromatic nitrogens is 2. The van der Waals surface area contributed by atoms with E-state index < -0.39 is 0 Å². The summed E-state index contributed by atoms with van der Waals surface area (Å²) < 4.78 is 37.5. The first-order valence-electron chi connectivity index (χ1n) is 12.0. The minimum atomic E-state index is -0.291. The molecule has 2 unspecified atom stereocenters. The molecule has 0 spiro atoms. The van der Waals surface area contributed by atoms with Gasteiger partial charge in [0.1, 0.15) is 29.6 Å². The molecule has 35 heavy (non-hydrogen) atoms. The summed E-state index contributed by atoms with van der Waals surface area (Å²) >= 11 is 0. The molecule has 0 aliphatic carbocycles. The smallest absolute Gasteiger partial charge is 0.296 e. The Morgan fingerprint density at radius 2 is 1.74 bits per heavy atom. The van der Waals surface area contributed by atoms with E-state index in [1.165, 1.54) is 0 Å². The van der Waals surface area contributed by atoms with Crippen LogP contribution in [0.15, 0.2) is 30.3 Å². The lowest BCUT2D eigenvalue weighted by Crippen LogP contribution is -2.57. The number of fused-ring (bicyclic) bond motifs is 1. The second-order valence-corrected chi connectivity index (χ2v) is 9.25. The Balaban J connectivity index is 1.73. The van der Waals surface area contributed by atoms with E-state index >= 15 is 0 Å². The molecule has 2 atom stereocenters. The van der Waals surface area contributed by atoms with Crippen LogP contribution in [-0.2, 0) is 14.2 Å². The second kappa shape index (κ2) is 9.66. The molecule has 2 aliphatic heterocycles. The van der Waals surface area contributed by atoms with Gasteiger partial charge >= 0.3 is 0 Å². The predicted molar refractivity (Wildman–Crippen MR) is 133 cm³/mol. The van der Waals surface area contributed by atoms with Crippen LogP contribution in [0.5, 0.6) is 17.4 Å². The molecule has 1 aromatic carbocycles. The van der Waals surface area contributed by atoms with Crippen LogP contribution in [0.4, 0.5) is 5.69 Å². The van der Waals surface area contributed by atoms with Crippen LogP contribution >= 0.6 is 0 Å². The van der Waals surface area contributed by atoms with Crippen LogP contribution in [-0.4, -0.2) is 83.3 Å². The molecule has 0 radical (unpaired) electrons. The van der Waals surface area contributed by atoms with Crippen molar-refractivity contribution in [3.8, 4) is 28.6 Å².